The summed E-state index contributed by atoms with van der Waals surface area (Å²) in [5.41, 5.74) is 1.72. The van der Waals surface area contributed by atoms with E-state index in [0.29, 0.717) is 45.9 Å². The lowest BCUT2D eigenvalue weighted by atomic mass is 10.1. The highest BCUT2D eigenvalue weighted by molar-refractivity contribution is 7.17. The first kappa shape index (κ1) is 21.3. The number of aromatic hydroxyl groups is 1. The second kappa shape index (κ2) is 9.84. The molecule has 0 fully saturated rings. The monoisotopic (exact) mass is 429 g/mol. The maximum absolute atomic E-state index is 12.4. The molecule has 0 unspecified atom stereocenters. The third-order valence-electron chi connectivity index (χ3n) is 4.28. The SMILES string of the molecule is COc1cc(Nc2ncc(C(=O)NCCc3ccc(O)cc3)s2)cc(OC)c1OC. The van der Waals surface area contributed by atoms with E-state index in [1.165, 1.54) is 17.5 Å². The van der Waals surface area contributed by atoms with Crippen LogP contribution >= 0.6 is 11.3 Å². The number of thiazole rings is 1. The van der Waals surface area contributed by atoms with Gasteiger partial charge in [0.15, 0.2) is 16.6 Å². The summed E-state index contributed by atoms with van der Waals surface area (Å²) in [4.78, 5) is 17.1. The number of hydrogen-bond acceptors (Lipinski definition) is 8. The Labute approximate surface area is 178 Å². The van der Waals surface area contributed by atoms with Crippen LogP contribution < -0.4 is 24.8 Å². The second-order valence-corrected chi connectivity index (χ2v) is 7.27. The van der Waals surface area contributed by atoms with Gasteiger partial charge in [-0.3, -0.25) is 4.79 Å². The first-order chi connectivity index (χ1) is 14.5. The normalized spacial score (nSPS) is 10.4. The lowest BCUT2D eigenvalue weighted by molar-refractivity contribution is 0.0958. The van der Waals surface area contributed by atoms with Crippen molar-refractivity contribution in [3.8, 4) is 23.0 Å². The van der Waals surface area contributed by atoms with Crippen LogP contribution in [0.25, 0.3) is 0 Å². The molecule has 30 heavy (non-hydrogen) atoms. The molecule has 3 aromatic rings. The number of phenolic OH excluding ortho intramolecular Hbond substituents is 1. The van der Waals surface area contributed by atoms with Crippen molar-refractivity contribution in [3.05, 3.63) is 53.0 Å². The molecule has 158 valence electrons. The van der Waals surface area contributed by atoms with E-state index in [-0.39, 0.29) is 11.7 Å². The first-order valence-corrected chi connectivity index (χ1v) is 9.94. The molecule has 9 heteroatoms. The molecular weight excluding hydrogens is 406 g/mol. The van der Waals surface area contributed by atoms with Gasteiger partial charge < -0.3 is 30.0 Å². The summed E-state index contributed by atoms with van der Waals surface area (Å²) in [6.07, 6.45) is 2.20. The van der Waals surface area contributed by atoms with Gasteiger partial charge in [-0.1, -0.05) is 23.5 Å². The van der Waals surface area contributed by atoms with E-state index in [1.54, 1.807) is 45.6 Å². The largest absolute Gasteiger partial charge is 0.508 e. The Balaban J connectivity index is 1.61. The molecule has 0 saturated carbocycles. The summed E-state index contributed by atoms with van der Waals surface area (Å²) in [7, 11) is 4.64. The standard InChI is InChI=1S/C21H23N3O5S/c1-27-16-10-14(11-17(28-2)19(16)29-3)24-21-23-12-18(30-21)20(26)22-9-8-13-4-6-15(25)7-5-13/h4-7,10-12,25H,8-9H2,1-3H3,(H,22,26)(H,23,24). The van der Waals surface area contributed by atoms with Crippen molar-refractivity contribution >= 4 is 28.1 Å². The van der Waals surface area contributed by atoms with Crippen LogP contribution in [0.1, 0.15) is 15.2 Å². The predicted molar refractivity (Wildman–Crippen MR) is 116 cm³/mol. The average Bonchev–Trinajstić information content (AvgIpc) is 3.22. The molecule has 3 rings (SSSR count). The minimum absolute atomic E-state index is 0.191. The number of anilines is 2. The molecule has 0 aliphatic heterocycles. The van der Waals surface area contributed by atoms with Crippen molar-refractivity contribution in [1.29, 1.82) is 0 Å². The van der Waals surface area contributed by atoms with Crippen molar-refractivity contribution < 1.29 is 24.1 Å². The molecule has 1 aromatic heterocycles. The van der Waals surface area contributed by atoms with Gasteiger partial charge in [0.05, 0.1) is 27.5 Å². The topological polar surface area (TPSA) is 102 Å². The summed E-state index contributed by atoms with van der Waals surface area (Å²) in [5, 5.41) is 15.9. The van der Waals surface area contributed by atoms with E-state index in [1.807, 2.05) is 12.1 Å². The van der Waals surface area contributed by atoms with E-state index in [2.05, 4.69) is 15.6 Å². The molecule has 0 bridgehead atoms. The van der Waals surface area contributed by atoms with Gasteiger partial charge >= 0.3 is 0 Å². The Morgan fingerprint density at radius 1 is 1.07 bits per heavy atom. The molecule has 0 aliphatic carbocycles. The van der Waals surface area contributed by atoms with Crippen LogP contribution in [0.3, 0.4) is 0 Å². The number of hydrogen-bond donors (Lipinski definition) is 3. The smallest absolute Gasteiger partial charge is 0.263 e. The number of carbonyl (C=O) groups excluding carboxylic acids is 1. The molecule has 0 saturated heterocycles. The van der Waals surface area contributed by atoms with Gasteiger partial charge in [-0.15, -0.1) is 0 Å². The quantitative estimate of drug-likeness (QED) is 0.478. The van der Waals surface area contributed by atoms with Gasteiger partial charge in [-0.05, 0) is 24.1 Å². The molecule has 0 atom stereocenters. The fourth-order valence-electron chi connectivity index (χ4n) is 2.78. The highest BCUT2D eigenvalue weighted by Crippen LogP contribution is 2.40. The molecule has 0 aliphatic rings. The molecule has 0 spiro atoms. The Bertz CT molecular complexity index is 979. The number of methoxy groups -OCH3 is 3. The molecule has 3 N–H and O–H groups in total. The Kier molecular flexibility index (Phi) is 6.97. The number of benzene rings is 2. The summed E-state index contributed by atoms with van der Waals surface area (Å²) in [5.74, 6) is 1.56. The fraction of sp³-hybridized carbons (Fsp3) is 0.238. The average molecular weight is 429 g/mol. The number of aromatic nitrogens is 1. The van der Waals surface area contributed by atoms with Crippen molar-refractivity contribution in [1.82, 2.24) is 10.3 Å². The van der Waals surface area contributed by atoms with Crippen LogP contribution in [0.5, 0.6) is 23.0 Å². The maximum Gasteiger partial charge on any atom is 0.263 e. The summed E-state index contributed by atoms with van der Waals surface area (Å²) in [6, 6.07) is 10.4. The first-order valence-electron chi connectivity index (χ1n) is 9.13. The number of phenols is 1. The van der Waals surface area contributed by atoms with Gasteiger partial charge in [0, 0.05) is 24.4 Å². The lowest BCUT2D eigenvalue weighted by Gasteiger charge is -2.14. The van der Waals surface area contributed by atoms with E-state index in [4.69, 9.17) is 14.2 Å². The minimum Gasteiger partial charge on any atom is -0.508 e. The van der Waals surface area contributed by atoms with Crippen molar-refractivity contribution in [3.63, 3.8) is 0 Å². The fourth-order valence-corrected chi connectivity index (χ4v) is 3.54. The Hall–Kier alpha value is -3.46. The molecule has 2 aromatic carbocycles. The Morgan fingerprint density at radius 3 is 2.33 bits per heavy atom. The number of amides is 1. The number of carbonyl (C=O) groups is 1. The predicted octanol–water partition coefficient (Wildman–Crippen LogP) is 3.59. The van der Waals surface area contributed by atoms with Crippen LogP contribution in [-0.4, -0.2) is 43.9 Å². The summed E-state index contributed by atoms with van der Waals surface area (Å²) >= 11 is 1.24. The number of rotatable bonds is 9. The van der Waals surface area contributed by atoms with E-state index in [0.717, 1.165) is 5.56 Å². The van der Waals surface area contributed by atoms with E-state index >= 15 is 0 Å². The van der Waals surface area contributed by atoms with Gasteiger partial charge in [0.25, 0.3) is 5.91 Å². The molecule has 1 amide bonds. The number of ether oxygens (including phenoxy) is 3. The van der Waals surface area contributed by atoms with Crippen molar-refractivity contribution in [2.45, 2.75) is 6.42 Å². The molecule has 8 nitrogen and oxygen atoms in total. The third-order valence-corrected chi connectivity index (χ3v) is 5.19. The molecular formula is C21H23N3O5S. The van der Waals surface area contributed by atoms with Crippen LogP contribution in [-0.2, 0) is 6.42 Å². The zero-order chi connectivity index (χ0) is 21.5. The maximum atomic E-state index is 12.4. The summed E-state index contributed by atoms with van der Waals surface area (Å²) < 4.78 is 16.0. The van der Waals surface area contributed by atoms with Crippen molar-refractivity contribution in [2.24, 2.45) is 0 Å². The van der Waals surface area contributed by atoms with Crippen LogP contribution in [0.15, 0.2) is 42.6 Å². The zero-order valence-corrected chi connectivity index (χ0v) is 17.7. The molecule has 0 radical (unpaired) electrons. The highest BCUT2D eigenvalue weighted by Gasteiger charge is 2.15. The molecule has 1 heterocycles. The number of nitrogens with zero attached hydrogens (tertiary/aromatic N) is 1. The van der Waals surface area contributed by atoms with E-state index in [9.17, 15) is 9.90 Å². The van der Waals surface area contributed by atoms with Crippen LogP contribution in [0.4, 0.5) is 10.8 Å². The van der Waals surface area contributed by atoms with Crippen LogP contribution in [0.2, 0.25) is 0 Å². The number of nitrogens with one attached hydrogen (secondary N) is 2. The van der Waals surface area contributed by atoms with Gasteiger partial charge in [0.2, 0.25) is 5.75 Å². The second-order valence-electron chi connectivity index (χ2n) is 6.24. The van der Waals surface area contributed by atoms with Gasteiger partial charge in [0.1, 0.15) is 10.6 Å². The highest BCUT2D eigenvalue weighted by atomic mass is 32.1. The summed E-state index contributed by atoms with van der Waals surface area (Å²) in [6.45, 7) is 0.483. The van der Waals surface area contributed by atoms with Gasteiger partial charge in [-0.25, -0.2) is 4.98 Å². The lowest BCUT2D eigenvalue weighted by Crippen LogP contribution is -2.24. The van der Waals surface area contributed by atoms with Gasteiger partial charge in [-0.2, -0.15) is 0 Å². The zero-order valence-electron chi connectivity index (χ0n) is 16.9. The Morgan fingerprint density at radius 2 is 1.73 bits per heavy atom. The minimum atomic E-state index is -0.191. The third kappa shape index (κ3) is 5.12. The van der Waals surface area contributed by atoms with Crippen molar-refractivity contribution in [2.75, 3.05) is 33.2 Å². The van der Waals surface area contributed by atoms with Crippen LogP contribution in [0, 0.1) is 0 Å². The van der Waals surface area contributed by atoms with E-state index < -0.39 is 0 Å².